The Labute approximate surface area is 123 Å². The zero-order valence-corrected chi connectivity index (χ0v) is 11.7. The fourth-order valence-corrected chi connectivity index (χ4v) is 2.35. The van der Waals surface area contributed by atoms with Gasteiger partial charge in [-0.05, 0) is 30.9 Å². The smallest absolute Gasteiger partial charge is 0.157 e. The van der Waals surface area contributed by atoms with Gasteiger partial charge in [0.05, 0.1) is 24.5 Å². The van der Waals surface area contributed by atoms with E-state index in [0.29, 0.717) is 18.4 Å². The highest BCUT2D eigenvalue weighted by Gasteiger charge is 2.23. The molecule has 1 aliphatic rings. The van der Waals surface area contributed by atoms with Crippen LogP contribution in [0.4, 0.5) is 4.39 Å². The van der Waals surface area contributed by atoms with Crippen LogP contribution in [0.3, 0.4) is 0 Å². The minimum absolute atomic E-state index is 0.0657. The summed E-state index contributed by atoms with van der Waals surface area (Å²) in [6, 6.07) is 8.07. The average Bonchev–Trinajstić information content (AvgIpc) is 2.53. The Bertz CT molecular complexity index is 533. The second kappa shape index (κ2) is 7.77. The zero-order valence-electron chi connectivity index (χ0n) is 11.7. The summed E-state index contributed by atoms with van der Waals surface area (Å²) in [4.78, 5) is 0. The number of hydrogen-bond acceptors (Lipinski definition) is 4. The highest BCUT2D eigenvalue weighted by atomic mass is 19.1. The van der Waals surface area contributed by atoms with E-state index < -0.39 is 11.7 Å². The summed E-state index contributed by atoms with van der Waals surface area (Å²) in [7, 11) is 0. The summed E-state index contributed by atoms with van der Waals surface area (Å²) in [5.74, 6) is -1.07. The molecule has 4 nitrogen and oxygen atoms in total. The Morgan fingerprint density at radius 3 is 2.95 bits per heavy atom. The topological polar surface area (TPSA) is 62.5 Å². The molecule has 1 aromatic carbocycles. The molecule has 0 spiro atoms. The molecule has 1 unspecified atom stereocenters. The van der Waals surface area contributed by atoms with E-state index in [1.54, 1.807) is 18.2 Å². The van der Waals surface area contributed by atoms with Crippen molar-refractivity contribution in [2.24, 2.45) is 0 Å². The van der Waals surface area contributed by atoms with Gasteiger partial charge in [0, 0.05) is 12.5 Å². The van der Waals surface area contributed by atoms with Crippen LogP contribution in [0.15, 0.2) is 36.1 Å². The van der Waals surface area contributed by atoms with Crippen LogP contribution >= 0.6 is 0 Å². The summed E-state index contributed by atoms with van der Waals surface area (Å²) in [6.45, 7) is 0.738. The maximum atomic E-state index is 13.9. The molecule has 0 amide bonds. The lowest BCUT2D eigenvalue weighted by molar-refractivity contribution is -0.163. The van der Waals surface area contributed by atoms with Gasteiger partial charge in [-0.1, -0.05) is 18.2 Å². The first-order chi connectivity index (χ1) is 10.3. The number of nitrogens with zero attached hydrogens (tertiary/aromatic N) is 1. The summed E-state index contributed by atoms with van der Waals surface area (Å²) >= 11 is 0. The molecule has 0 aromatic heterocycles. The van der Waals surface area contributed by atoms with E-state index in [0.717, 1.165) is 19.3 Å². The van der Waals surface area contributed by atoms with Gasteiger partial charge in [-0.15, -0.1) is 0 Å². The number of rotatable bonds is 5. The van der Waals surface area contributed by atoms with Crippen LogP contribution in [-0.2, 0) is 9.47 Å². The minimum Gasteiger partial charge on any atom is -0.515 e. The Kier molecular flexibility index (Phi) is 5.73. The quantitative estimate of drug-likeness (QED) is 0.667. The lowest BCUT2D eigenvalue weighted by Gasteiger charge is -2.25. The molecule has 1 N–H and O–H groups in total. The third-order valence-corrected chi connectivity index (χ3v) is 3.51. The molecule has 1 saturated heterocycles. The molecule has 1 fully saturated rings. The van der Waals surface area contributed by atoms with Gasteiger partial charge < -0.3 is 14.6 Å². The van der Waals surface area contributed by atoms with E-state index in [-0.39, 0.29) is 18.5 Å². The average molecular weight is 291 g/mol. The predicted octanol–water partition coefficient (Wildman–Crippen LogP) is 3.42. The molecular formula is C16H18FNO3. The van der Waals surface area contributed by atoms with Gasteiger partial charge in [0.25, 0.3) is 0 Å². The summed E-state index contributed by atoms with van der Waals surface area (Å²) in [6.07, 6.45) is 3.20. The van der Waals surface area contributed by atoms with Gasteiger partial charge in [0.15, 0.2) is 6.29 Å². The maximum Gasteiger partial charge on any atom is 0.157 e. The lowest BCUT2D eigenvalue weighted by atomic mass is 9.92. The van der Waals surface area contributed by atoms with Crippen LogP contribution in [0.5, 0.6) is 0 Å². The first-order valence-corrected chi connectivity index (χ1v) is 6.98. The van der Waals surface area contributed by atoms with E-state index in [9.17, 15) is 9.50 Å². The third kappa shape index (κ3) is 4.03. The third-order valence-electron chi connectivity index (χ3n) is 3.51. The van der Waals surface area contributed by atoms with E-state index >= 15 is 0 Å². The molecule has 2 rings (SSSR count). The Morgan fingerprint density at radius 2 is 2.33 bits per heavy atom. The number of ether oxygens (including phenoxy) is 2. The van der Waals surface area contributed by atoms with Crippen LogP contribution < -0.4 is 0 Å². The van der Waals surface area contributed by atoms with Gasteiger partial charge in [-0.2, -0.15) is 5.26 Å². The zero-order chi connectivity index (χ0) is 15.1. The fourth-order valence-electron chi connectivity index (χ4n) is 2.35. The van der Waals surface area contributed by atoms with Gasteiger partial charge in [-0.3, -0.25) is 0 Å². The van der Waals surface area contributed by atoms with Gasteiger partial charge in [0.1, 0.15) is 5.82 Å². The first-order valence-electron chi connectivity index (χ1n) is 6.98. The molecule has 1 aromatic rings. The van der Waals surface area contributed by atoms with E-state index in [1.165, 1.54) is 6.07 Å². The van der Waals surface area contributed by atoms with Crippen molar-refractivity contribution in [1.29, 1.82) is 5.26 Å². The van der Waals surface area contributed by atoms with Crippen LogP contribution in [0.25, 0.3) is 0 Å². The molecular weight excluding hydrogens is 273 g/mol. The number of aliphatic hydroxyl groups is 1. The van der Waals surface area contributed by atoms with Crippen molar-refractivity contribution < 1.29 is 19.0 Å². The van der Waals surface area contributed by atoms with Crippen molar-refractivity contribution in [1.82, 2.24) is 0 Å². The predicted molar refractivity (Wildman–Crippen MR) is 75.0 cm³/mol. The Morgan fingerprint density at radius 1 is 1.52 bits per heavy atom. The normalized spacial score (nSPS) is 20.8. The van der Waals surface area contributed by atoms with Crippen LogP contribution in [-0.4, -0.2) is 24.6 Å². The Balaban J connectivity index is 2.13. The van der Waals surface area contributed by atoms with Crippen molar-refractivity contribution in [2.75, 3.05) is 13.2 Å². The molecule has 1 aliphatic heterocycles. The van der Waals surface area contributed by atoms with Crippen molar-refractivity contribution >= 4 is 0 Å². The molecule has 0 aliphatic carbocycles. The standard InChI is InChI=1S/C16H18FNO3/c17-15-6-2-1-5-13(15)14(12(9-18)10-19)11-21-16-7-3-4-8-20-16/h1-2,5-6,10,14,16,19H,3-4,7-8,11H2/t14-,16?/m1/s1. The van der Waals surface area contributed by atoms with Crippen molar-refractivity contribution in [3.05, 3.63) is 47.5 Å². The van der Waals surface area contributed by atoms with Crippen LogP contribution in [0.1, 0.15) is 30.7 Å². The summed E-state index contributed by atoms with van der Waals surface area (Å²) in [5.41, 5.74) is 0.395. The molecule has 0 bridgehead atoms. The van der Waals surface area contributed by atoms with Crippen LogP contribution in [0.2, 0.25) is 0 Å². The van der Waals surface area contributed by atoms with E-state index in [4.69, 9.17) is 14.7 Å². The summed E-state index contributed by atoms with van der Waals surface area (Å²) in [5, 5.41) is 18.3. The Hall–Kier alpha value is -1.90. The second-order valence-electron chi connectivity index (χ2n) is 4.90. The van der Waals surface area contributed by atoms with Crippen LogP contribution in [0, 0.1) is 17.1 Å². The first kappa shape index (κ1) is 15.5. The summed E-state index contributed by atoms with van der Waals surface area (Å²) < 4.78 is 25.0. The van der Waals surface area contributed by atoms with Crippen molar-refractivity contribution in [3.8, 4) is 6.07 Å². The lowest BCUT2D eigenvalue weighted by Crippen LogP contribution is -2.25. The highest BCUT2D eigenvalue weighted by molar-refractivity contribution is 5.36. The van der Waals surface area contributed by atoms with Gasteiger partial charge >= 0.3 is 0 Å². The second-order valence-corrected chi connectivity index (χ2v) is 4.90. The maximum absolute atomic E-state index is 13.9. The van der Waals surface area contributed by atoms with Crippen molar-refractivity contribution in [3.63, 3.8) is 0 Å². The van der Waals surface area contributed by atoms with Crippen molar-refractivity contribution in [2.45, 2.75) is 31.5 Å². The number of nitriles is 1. The van der Waals surface area contributed by atoms with E-state index in [1.807, 2.05) is 6.07 Å². The van der Waals surface area contributed by atoms with E-state index in [2.05, 4.69) is 0 Å². The largest absolute Gasteiger partial charge is 0.515 e. The van der Waals surface area contributed by atoms with Gasteiger partial charge in [0.2, 0.25) is 0 Å². The highest BCUT2D eigenvalue weighted by Crippen LogP contribution is 2.28. The molecule has 112 valence electrons. The number of aliphatic hydroxyl groups excluding tert-OH is 1. The number of benzene rings is 1. The van der Waals surface area contributed by atoms with Gasteiger partial charge in [-0.25, -0.2) is 4.39 Å². The molecule has 21 heavy (non-hydrogen) atoms. The molecule has 2 atom stereocenters. The molecule has 0 saturated carbocycles. The fraction of sp³-hybridized carbons (Fsp3) is 0.438. The molecule has 1 heterocycles. The number of halogens is 1. The minimum atomic E-state index is -0.647. The molecule has 5 heteroatoms. The monoisotopic (exact) mass is 291 g/mol. The SMILES string of the molecule is N#CC(=CO)[C@@H](COC1CCCCO1)c1ccccc1F. The molecule has 0 radical (unpaired) electrons. The number of hydrogen-bond donors (Lipinski definition) is 1.